The van der Waals surface area contributed by atoms with Gasteiger partial charge in [0, 0.05) is 6.04 Å². The van der Waals surface area contributed by atoms with Crippen molar-refractivity contribution in [2.75, 3.05) is 0 Å². The van der Waals surface area contributed by atoms with Crippen LogP contribution in [0.4, 0.5) is 4.79 Å². The number of hydrogen-bond donors (Lipinski definition) is 1. The second kappa shape index (κ2) is 6.79. The summed E-state index contributed by atoms with van der Waals surface area (Å²) in [4.78, 5) is 14.7. The van der Waals surface area contributed by atoms with E-state index < -0.39 is 0 Å². The SMILES string of the molecule is C[C@@H](NC(=O)N(C1CC1)[C@@H](C)c1ccco1)c1cccc(C#N)c1. The molecule has 1 heterocycles. The average molecular weight is 323 g/mol. The van der Waals surface area contributed by atoms with Gasteiger partial charge in [-0.05, 0) is 56.5 Å². The first-order chi connectivity index (χ1) is 11.6. The predicted octanol–water partition coefficient (Wildman–Crippen LogP) is 4.15. The monoisotopic (exact) mass is 323 g/mol. The number of amides is 2. The molecule has 0 unspecified atom stereocenters. The Labute approximate surface area is 141 Å². The summed E-state index contributed by atoms with van der Waals surface area (Å²) in [6.45, 7) is 3.91. The van der Waals surface area contributed by atoms with E-state index in [9.17, 15) is 4.79 Å². The van der Waals surface area contributed by atoms with E-state index in [4.69, 9.17) is 9.68 Å². The maximum Gasteiger partial charge on any atom is 0.318 e. The van der Waals surface area contributed by atoms with Crippen molar-refractivity contribution < 1.29 is 9.21 Å². The maximum atomic E-state index is 12.8. The van der Waals surface area contributed by atoms with E-state index in [1.165, 1.54) is 0 Å². The first-order valence-corrected chi connectivity index (χ1v) is 8.22. The zero-order valence-electron chi connectivity index (χ0n) is 13.9. The van der Waals surface area contributed by atoms with Gasteiger partial charge in [0.1, 0.15) is 5.76 Å². The predicted molar refractivity (Wildman–Crippen MR) is 90.1 cm³/mol. The minimum absolute atomic E-state index is 0.101. The largest absolute Gasteiger partial charge is 0.467 e. The third kappa shape index (κ3) is 3.43. The number of benzene rings is 1. The number of rotatable bonds is 5. The Hall–Kier alpha value is -2.74. The van der Waals surface area contributed by atoms with Crippen molar-refractivity contribution in [2.45, 2.75) is 44.8 Å². The summed E-state index contributed by atoms with van der Waals surface area (Å²) >= 11 is 0. The summed E-state index contributed by atoms with van der Waals surface area (Å²) < 4.78 is 5.47. The third-order valence-electron chi connectivity index (χ3n) is 4.40. The van der Waals surface area contributed by atoms with Gasteiger partial charge in [-0.1, -0.05) is 12.1 Å². The maximum absolute atomic E-state index is 12.8. The molecule has 2 amide bonds. The number of hydrogen-bond acceptors (Lipinski definition) is 3. The quantitative estimate of drug-likeness (QED) is 0.898. The summed E-state index contributed by atoms with van der Waals surface area (Å²) in [5, 5.41) is 12.1. The van der Waals surface area contributed by atoms with Crippen LogP contribution in [0.25, 0.3) is 0 Å². The highest BCUT2D eigenvalue weighted by atomic mass is 16.3. The van der Waals surface area contributed by atoms with E-state index in [1.54, 1.807) is 12.3 Å². The van der Waals surface area contributed by atoms with Crippen LogP contribution < -0.4 is 5.32 Å². The molecule has 1 aromatic carbocycles. The molecule has 2 aromatic rings. The van der Waals surface area contributed by atoms with Crippen molar-refractivity contribution in [3.05, 3.63) is 59.5 Å². The Bertz CT molecular complexity index is 744. The molecule has 3 rings (SSSR count). The van der Waals surface area contributed by atoms with Crippen LogP contribution in [0.3, 0.4) is 0 Å². The van der Waals surface area contributed by atoms with Crippen molar-refractivity contribution in [1.29, 1.82) is 5.26 Å². The van der Waals surface area contributed by atoms with E-state index in [-0.39, 0.29) is 24.2 Å². The molecule has 24 heavy (non-hydrogen) atoms. The van der Waals surface area contributed by atoms with Gasteiger partial charge in [0.15, 0.2) is 0 Å². The smallest absolute Gasteiger partial charge is 0.318 e. The fourth-order valence-electron chi connectivity index (χ4n) is 2.90. The molecule has 5 heteroatoms. The van der Waals surface area contributed by atoms with Crippen LogP contribution in [0.2, 0.25) is 0 Å². The fraction of sp³-hybridized carbons (Fsp3) is 0.368. The lowest BCUT2D eigenvalue weighted by molar-refractivity contribution is 0.163. The van der Waals surface area contributed by atoms with Gasteiger partial charge in [0.05, 0.1) is 30.0 Å². The highest BCUT2D eigenvalue weighted by Crippen LogP contribution is 2.34. The van der Waals surface area contributed by atoms with Gasteiger partial charge < -0.3 is 14.6 Å². The number of nitrogens with one attached hydrogen (secondary N) is 1. The van der Waals surface area contributed by atoms with Gasteiger partial charge >= 0.3 is 6.03 Å². The van der Waals surface area contributed by atoms with E-state index in [0.717, 1.165) is 24.2 Å². The standard InChI is InChI=1S/C19H21N3O2/c1-13(16-6-3-5-15(11-16)12-20)21-19(23)22(17-8-9-17)14(2)18-7-4-10-24-18/h3-7,10-11,13-14,17H,8-9H2,1-2H3,(H,21,23)/t13-,14+/m1/s1. The van der Waals surface area contributed by atoms with Crippen LogP contribution in [0.15, 0.2) is 47.1 Å². The van der Waals surface area contributed by atoms with E-state index in [1.807, 2.05) is 49.1 Å². The van der Waals surface area contributed by atoms with Crippen molar-refractivity contribution in [3.8, 4) is 6.07 Å². The van der Waals surface area contributed by atoms with Gasteiger partial charge in [0.25, 0.3) is 0 Å². The summed E-state index contributed by atoms with van der Waals surface area (Å²) in [5.41, 5.74) is 1.51. The summed E-state index contributed by atoms with van der Waals surface area (Å²) in [7, 11) is 0. The Balaban J connectivity index is 1.73. The van der Waals surface area contributed by atoms with Crippen LogP contribution >= 0.6 is 0 Å². The molecule has 1 N–H and O–H groups in total. The molecule has 5 nitrogen and oxygen atoms in total. The lowest BCUT2D eigenvalue weighted by atomic mass is 10.1. The molecule has 0 bridgehead atoms. The molecule has 2 atom stereocenters. The lowest BCUT2D eigenvalue weighted by Crippen LogP contribution is -2.43. The normalized spacial score (nSPS) is 16.0. The Morgan fingerprint density at radius 3 is 2.75 bits per heavy atom. The second-order valence-electron chi connectivity index (χ2n) is 6.24. The second-order valence-corrected chi connectivity index (χ2v) is 6.24. The number of furan rings is 1. The number of urea groups is 1. The van der Waals surface area contributed by atoms with Crippen molar-refractivity contribution in [3.63, 3.8) is 0 Å². The third-order valence-corrected chi connectivity index (χ3v) is 4.40. The van der Waals surface area contributed by atoms with Gasteiger partial charge in [-0.25, -0.2) is 4.79 Å². The number of carbonyl (C=O) groups excluding carboxylic acids is 1. The molecule has 0 radical (unpaired) electrons. The van der Waals surface area contributed by atoms with Crippen LogP contribution in [0.5, 0.6) is 0 Å². The molecule has 1 saturated carbocycles. The molecule has 1 aliphatic carbocycles. The minimum atomic E-state index is -0.171. The van der Waals surface area contributed by atoms with E-state index in [2.05, 4.69) is 11.4 Å². The van der Waals surface area contributed by atoms with Crippen LogP contribution in [-0.2, 0) is 0 Å². The summed E-state index contributed by atoms with van der Waals surface area (Å²) in [6.07, 6.45) is 3.68. The molecule has 1 aromatic heterocycles. The zero-order chi connectivity index (χ0) is 17.1. The molecule has 124 valence electrons. The number of carbonyl (C=O) groups is 1. The minimum Gasteiger partial charge on any atom is -0.467 e. The van der Waals surface area contributed by atoms with Gasteiger partial charge in [-0.15, -0.1) is 0 Å². The van der Waals surface area contributed by atoms with Crippen LogP contribution in [0, 0.1) is 11.3 Å². The molecule has 0 aliphatic heterocycles. The summed E-state index contributed by atoms with van der Waals surface area (Å²) in [5.74, 6) is 0.788. The fourth-order valence-corrected chi connectivity index (χ4v) is 2.90. The molecule has 1 aliphatic rings. The average Bonchev–Trinajstić information content (AvgIpc) is 3.26. The highest BCUT2D eigenvalue weighted by molar-refractivity contribution is 5.76. The van der Waals surface area contributed by atoms with Crippen molar-refractivity contribution in [1.82, 2.24) is 10.2 Å². The molecule has 0 spiro atoms. The van der Waals surface area contributed by atoms with Crippen molar-refractivity contribution in [2.24, 2.45) is 0 Å². The Morgan fingerprint density at radius 1 is 1.33 bits per heavy atom. The first-order valence-electron chi connectivity index (χ1n) is 8.22. The van der Waals surface area contributed by atoms with Gasteiger partial charge in [0.2, 0.25) is 0 Å². The van der Waals surface area contributed by atoms with Gasteiger partial charge in [-0.2, -0.15) is 5.26 Å². The van der Waals surface area contributed by atoms with E-state index >= 15 is 0 Å². The van der Waals surface area contributed by atoms with E-state index in [0.29, 0.717) is 5.56 Å². The lowest BCUT2D eigenvalue weighted by Gasteiger charge is -2.29. The number of nitriles is 1. The Morgan fingerprint density at radius 2 is 2.12 bits per heavy atom. The molecular formula is C19H21N3O2. The zero-order valence-corrected chi connectivity index (χ0v) is 13.9. The van der Waals surface area contributed by atoms with Crippen LogP contribution in [-0.4, -0.2) is 17.0 Å². The van der Waals surface area contributed by atoms with Gasteiger partial charge in [-0.3, -0.25) is 0 Å². The van der Waals surface area contributed by atoms with Crippen LogP contribution in [0.1, 0.15) is 55.7 Å². The first kappa shape index (κ1) is 16.1. The molecular weight excluding hydrogens is 302 g/mol. The molecule has 1 fully saturated rings. The topological polar surface area (TPSA) is 69.3 Å². The highest BCUT2D eigenvalue weighted by Gasteiger charge is 2.37. The molecule has 0 saturated heterocycles. The van der Waals surface area contributed by atoms with Crippen molar-refractivity contribution >= 4 is 6.03 Å². The Kier molecular flexibility index (Phi) is 4.57. The summed E-state index contributed by atoms with van der Waals surface area (Å²) in [6, 6.07) is 13.1. The number of nitrogens with zero attached hydrogens (tertiary/aromatic N) is 2.